The third kappa shape index (κ3) is 2.80. The first-order valence-electron chi connectivity index (χ1n) is 6.05. The zero-order chi connectivity index (χ0) is 11.4. The minimum atomic E-state index is 0.770. The molecule has 16 heavy (non-hydrogen) atoms. The molecule has 2 N–H and O–H groups in total. The van der Waals surface area contributed by atoms with Crippen LogP contribution in [0.15, 0.2) is 6.33 Å². The van der Waals surface area contributed by atoms with Crippen LogP contribution in [-0.4, -0.2) is 39.3 Å². The van der Waals surface area contributed by atoms with Crippen LogP contribution in [0.25, 0.3) is 0 Å². The van der Waals surface area contributed by atoms with Gasteiger partial charge in [0.05, 0.1) is 6.54 Å². The molecule has 5 heteroatoms. The zero-order valence-corrected chi connectivity index (χ0v) is 9.97. The molecule has 1 atom stereocenters. The van der Waals surface area contributed by atoms with E-state index in [-0.39, 0.29) is 0 Å². The fraction of sp³-hybridized carbons (Fsp3) is 0.818. The summed E-state index contributed by atoms with van der Waals surface area (Å²) in [4.78, 5) is 6.73. The SMILES string of the molecule is Cn1ncnc1CN1CCCC(CCN)C1. The van der Waals surface area contributed by atoms with Gasteiger partial charge in [-0.1, -0.05) is 0 Å². The van der Waals surface area contributed by atoms with Gasteiger partial charge in [0.25, 0.3) is 0 Å². The molecule has 0 aliphatic carbocycles. The molecule has 2 heterocycles. The van der Waals surface area contributed by atoms with Gasteiger partial charge in [0.2, 0.25) is 0 Å². The molecule has 1 aliphatic rings. The van der Waals surface area contributed by atoms with Gasteiger partial charge < -0.3 is 5.73 Å². The van der Waals surface area contributed by atoms with E-state index in [1.165, 1.54) is 19.4 Å². The molecular weight excluding hydrogens is 202 g/mol. The third-order valence-electron chi connectivity index (χ3n) is 3.35. The van der Waals surface area contributed by atoms with Crippen molar-refractivity contribution >= 4 is 0 Å². The van der Waals surface area contributed by atoms with E-state index in [0.29, 0.717) is 0 Å². The Hall–Kier alpha value is -0.940. The smallest absolute Gasteiger partial charge is 0.140 e. The maximum Gasteiger partial charge on any atom is 0.140 e. The van der Waals surface area contributed by atoms with E-state index in [2.05, 4.69) is 15.0 Å². The number of nitrogens with two attached hydrogens (primary N) is 1. The molecule has 90 valence electrons. The zero-order valence-electron chi connectivity index (χ0n) is 9.97. The minimum Gasteiger partial charge on any atom is -0.330 e. The summed E-state index contributed by atoms with van der Waals surface area (Å²) in [6.45, 7) is 4.05. The Morgan fingerprint density at radius 3 is 3.12 bits per heavy atom. The summed E-state index contributed by atoms with van der Waals surface area (Å²) in [5.74, 6) is 1.82. The number of aromatic nitrogens is 3. The van der Waals surface area contributed by atoms with Crippen molar-refractivity contribution < 1.29 is 0 Å². The number of rotatable bonds is 4. The minimum absolute atomic E-state index is 0.770. The highest BCUT2D eigenvalue weighted by Crippen LogP contribution is 2.19. The maximum atomic E-state index is 5.62. The standard InChI is InChI=1S/C11H21N5/c1-15-11(13-9-14-15)8-16-6-2-3-10(7-16)4-5-12/h9-10H,2-8,12H2,1H3. The first-order valence-corrected chi connectivity index (χ1v) is 6.05. The summed E-state index contributed by atoms with van der Waals surface area (Å²) in [5, 5.41) is 4.10. The first-order chi connectivity index (χ1) is 7.79. The molecule has 1 aromatic heterocycles. The average Bonchev–Trinajstić information content (AvgIpc) is 2.66. The monoisotopic (exact) mass is 223 g/mol. The van der Waals surface area contributed by atoms with Crippen LogP contribution in [0.3, 0.4) is 0 Å². The summed E-state index contributed by atoms with van der Waals surface area (Å²) in [7, 11) is 1.95. The van der Waals surface area contributed by atoms with Gasteiger partial charge in [-0.15, -0.1) is 0 Å². The molecule has 2 rings (SSSR count). The Morgan fingerprint density at radius 1 is 1.56 bits per heavy atom. The highest BCUT2D eigenvalue weighted by atomic mass is 15.3. The van der Waals surface area contributed by atoms with E-state index in [1.807, 2.05) is 11.7 Å². The molecule has 0 aromatic carbocycles. The summed E-state index contributed by atoms with van der Waals surface area (Å²) >= 11 is 0. The van der Waals surface area contributed by atoms with Crippen LogP contribution in [0.1, 0.15) is 25.1 Å². The van der Waals surface area contributed by atoms with Crippen molar-refractivity contribution in [3.63, 3.8) is 0 Å². The Kier molecular flexibility index (Phi) is 3.90. The molecule has 0 saturated carbocycles. The lowest BCUT2D eigenvalue weighted by Crippen LogP contribution is -2.36. The van der Waals surface area contributed by atoms with Crippen LogP contribution in [-0.2, 0) is 13.6 Å². The summed E-state index contributed by atoms with van der Waals surface area (Å²) in [5.41, 5.74) is 5.62. The number of aryl methyl sites for hydroxylation is 1. The molecule has 0 bridgehead atoms. The normalized spacial score (nSPS) is 22.5. The van der Waals surface area contributed by atoms with Crippen LogP contribution < -0.4 is 5.73 Å². The molecule has 0 spiro atoms. The van der Waals surface area contributed by atoms with Crippen molar-refractivity contribution in [3.8, 4) is 0 Å². The summed E-state index contributed by atoms with van der Waals surface area (Å²) in [6, 6.07) is 0. The predicted octanol–water partition coefficient (Wildman–Crippen LogP) is 0.376. The second-order valence-corrected chi connectivity index (χ2v) is 4.62. The van der Waals surface area contributed by atoms with Crippen molar-refractivity contribution in [2.24, 2.45) is 18.7 Å². The number of hydrogen-bond donors (Lipinski definition) is 1. The van der Waals surface area contributed by atoms with Crippen molar-refractivity contribution in [2.45, 2.75) is 25.8 Å². The predicted molar refractivity (Wildman–Crippen MR) is 62.7 cm³/mol. The molecule has 0 amide bonds. The molecule has 1 fully saturated rings. The highest BCUT2D eigenvalue weighted by molar-refractivity contribution is 4.85. The van der Waals surface area contributed by atoms with Crippen LogP contribution >= 0.6 is 0 Å². The first kappa shape index (κ1) is 11.5. The van der Waals surface area contributed by atoms with Crippen LogP contribution in [0.4, 0.5) is 0 Å². The quantitative estimate of drug-likeness (QED) is 0.801. The van der Waals surface area contributed by atoms with Gasteiger partial charge in [-0.2, -0.15) is 5.10 Å². The fourth-order valence-corrected chi connectivity index (χ4v) is 2.43. The van der Waals surface area contributed by atoms with Crippen LogP contribution in [0, 0.1) is 5.92 Å². The molecular formula is C11H21N5. The van der Waals surface area contributed by atoms with Gasteiger partial charge in [0.15, 0.2) is 0 Å². The largest absolute Gasteiger partial charge is 0.330 e. The van der Waals surface area contributed by atoms with E-state index in [1.54, 1.807) is 6.33 Å². The van der Waals surface area contributed by atoms with E-state index in [9.17, 15) is 0 Å². The van der Waals surface area contributed by atoms with E-state index in [4.69, 9.17) is 5.73 Å². The second-order valence-electron chi connectivity index (χ2n) is 4.62. The van der Waals surface area contributed by atoms with Crippen molar-refractivity contribution in [2.75, 3.05) is 19.6 Å². The number of piperidine rings is 1. The number of likely N-dealkylation sites (tertiary alicyclic amines) is 1. The van der Waals surface area contributed by atoms with Crippen molar-refractivity contribution in [1.82, 2.24) is 19.7 Å². The van der Waals surface area contributed by atoms with Gasteiger partial charge in [0, 0.05) is 13.6 Å². The van der Waals surface area contributed by atoms with Crippen LogP contribution in [0.5, 0.6) is 0 Å². The Labute approximate surface area is 96.6 Å². The Balaban J connectivity index is 1.88. The maximum absolute atomic E-state index is 5.62. The lowest BCUT2D eigenvalue weighted by Gasteiger charge is -2.32. The lowest BCUT2D eigenvalue weighted by molar-refractivity contribution is 0.158. The molecule has 1 unspecified atom stereocenters. The molecule has 5 nitrogen and oxygen atoms in total. The van der Waals surface area contributed by atoms with Crippen LogP contribution in [0.2, 0.25) is 0 Å². The number of hydrogen-bond acceptors (Lipinski definition) is 4. The Morgan fingerprint density at radius 2 is 2.44 bits per heavy atom. The van der Waals surface area contributed by atoms with Gasteiger partial charge >= 0.3 is 0 Å². The summed E-state index contributed by atoms with van der Waals surface area (Å²) < 4.78 is 1.85. The molecule has 1 aliphatic heterocycles. The fourth-order valence-electron chi connectivity index (χ4n) is 2.43. The van der Waals surface area contributed by atoms with E-state index in [0.717, 1.165) is 37.8 Å². The van der Waals surface area contributed by atoms with E-state index >= 15 is 0 Å². The van der Waals surface area contributed by atoms with Gasteiger partial charge in [-0.25, -0.2) is 4.98 Å². The lowest BCUT2D eigenvalue weighted by atomic mass is 9.95. The summed E-state index contributed by atoms with van der Waals surface area (Å²) in [6.07, 6.45) is 5.38. The van der Waals surface area contributed by atoms with Gasteiger partial charge in [-0.3, -0.25) is 9.58 Å². The number of nitrogens with zero attached hydrogens (tertiary/aromatic N) is 4. The molecule has 1 saturated heterocycles. The second kappa shape index (κ2) is 5.41. The van der Waals surface area contributed by atoms with Gasteiger partial charge in [-0.05, 0) is 38.3 Å². The molecule has 1 aromatic rings. The Bertz CT molecular complexity index is 320. The van der Waals surface area contributed by atoms with Gasteiger partial charge in [0.1, 0.15) is 12.2 Å². The van der Waals surface area contributed by atoms with Crippen molar-refractivity contribution in [1.29, 1.82) is 0 Å². The highest BCUT2D eigenvalue weighted by Gasteiger charge is 2.20. The average molecular weight is 223 g/mol. The van der Waals surface area contributed by atoms with E-state index < -0.39 is 0 Å². The van der Waals surface area contributed by atoms with Crippen molar-refractivity contribution in [3.05, 3.63) is 12.2 Å². The third-order valence-corrected chi connectivity index (χ3v) is 3.35. The topological polar surface area (TPSA) is 60.0 Å². The molecule has 0 radical (unpaired) electrons.